The zero-order valence-electron chi connectivity index (χ0n) is 20.9. The van der Waals surface area contributed by atoms with E-state index >= 15 is 0 Å². The topological polar surface area (TPSA) is 74.6 Å². The van der Waals surface area contributed by atoms with E-state index in [4.69, 9.17) is 4.42 Å². The van der Waals surface area contributed by atoms with E-state index in [0.29, 0.717) is 37.4 Å². The molecule has 3 aromatic carbocycles. The second-order valence-corrected chi connectivity index (χ2v) is 9.62. The molecule has 188 valence electrons. The predicted octanol–water partition coefficient (Wildman–Crippen LogP) is 5.51. The fourth-order valence-electron chi connectivity index (χ4n) is 4.77. The first-order chi connectivity index (χ1) is 18.0. The normalized spacial score (nSPS) is 17.4. The molecule has 0 aliphatic carbocycles. The number of furan rings is 1. The van der Waals surface area contributed by atoms with Gasteiger partial charge in [-0.2, -0.15) is 0 Å². The van der Waals surface area contributed by atoms with E-state index < -0.39 is 0 Å². The summed E-state index contributed by atoms with van der Waals surface area (Å²) in [6.45, 7) is 3.59. The van der Waals surface area contributed by atoms with E-state index in [9.17, 15) is 9.59 Å². The highest BCUT2D eigenvalue weighted by molar-refractivity contribution is 5.97. The van der Waals surface area contributed by atoms with Gasteiger partial charge in [-0.1, -0.05) is 60.2 Å². The average Bonchev–Trinajstić information content (AvgIpc) is 3.48. The molecule has 1 aliphatic rings. The lowest BCUT2D eigenvalue weighted by molar-refractivity contribution is -0.121. The molecule has 37 heavy (non-hydrogen) atoms. The molecule has 6 heteroatoms. The molecule has 0 bridgehead atoms. The van der Waals surface area contributed by atoms with Gasteiger partial charge in [-0.3, -0.25) is 9.59 Å². The molecule has 4 aromatic rings. The van der Waals surface area contributed by atoms with Crippen molar-refractivity contribution in [3.8, 4) is 11.3 Å². The number of piperidine rings is 1. The Morgan fingerprint density at radius 2 is 1.73 bits per heavy atom. The first kappa shape index (κ1) is 24.5. The first-order valence-corrected chi connectivity index (χ1v) is 12.6. The predicted molar refractivity (Wildman–Crippen MR) is 145 cm³/mol. The fraction of sp³-hybridized carbons (Fsp3) is 0.226. The van der Waals surface area contributed by atoms with Gasteiger partial charge in [-0.05, 0) is 55.3 Å². The maximum Gasteiger partial charge on any atom is 0.253 e. The van der Waals surface area contributed by atoms with Gasteiger partial charge in [0.05, 0.1) is 12.2 Å². The van der Waals surface area contributed by atoms with Crippen molar-refractivity contribution in [2.75, 3.05) is 18.4 Å². The standard InChI is InChI=1S/C31H31N3O3/c1-22-12-14-27(15-13-22)33-30(35)26-18-28(32-19-23-7-3-2-4-8-23)21-34(20-26)31(36)25-10-5-9-24(17-25)29-11-6-16-37-29/h2-17,26,28,32H,18-21H2,1H3,(H,33,35). The van der Waals surface area contributed by atoms with Crippen molar-refractivity contribution in [1.82, 2.24) is 10.2 Å². The van der Waals surface area contributed by atoms with Gasteiger partial charge in [0.1, 0.15) is 5.76 Å². The number of anilines is 1. The van der Waals surface area contributed by atoms with Crippen LogP contribution in [0.2, 0.25) is 0 Å². The van der Waals surface area contributed by atoms with E-state index in [1.54, 1.807) is 11.2 Å². The lowest BCUT2D eigenvalue weighted by Gasteiger charge is -2.37. The van der Waals surface area contributed by atoms with E-state index in [0.717, 1.165) is 22.4 Å². The van der Waals surface area contributed by atoms with Crippen LogP contribution >= 0.6 is 0 Å². The van der Waals surface area contributed by atoms with Crippen LogP contribution in [0.5, 0.6) is 0 Å². The van der Waals surface area contributed by atoms with Crippen molar-refractivity contribution >= 4 is 17.5 Å². The fourth-order valence-corrected chi connectivity index (χ4v) is 4.77. The third-order valence-electron chi connectivity index (χ3n) is 6.78. The summed E-state index contributed by atoms with van der Waals surface area (Å²) in [6.07, 6.45) is 2.27. The summed E-state index contributed by atoms with van der Waals surface area (Å²) in [5.74, 6) is 0.219. The van der Waals surface area contributed by atoms with Crippen molar-refractivity contribution in [2.24, 2.45) is 5.92 Å². The van der Waals surface area contributed by atoms with Gasteiger partial charge in [-0.15, -0.1) is 0 Å². The minimum atomic E-state index is -0.333. The number of aryl methyl sites for hydroxylation is 1. The highest BCUT2D eigenvalue weighted by Gasteiger charge is 2.34. The molecule has 2 unspecified atom stereocenters. The van der Waals surface area contributed by atoms with Crippen molar-refractivity contribution in [1.29, 1.82) is 0 Å². The number of amides is 2. The summed E-state index contributed by atoms with van der Waals surface area (Å²) in [5, 5.41) is 6.62. The van der Waals surface area contributed by atoms with Crippen LogP contribution in [0.3, 0.4) is 0 Å². The summed E-state index contributed by atoms with van der Waals surface area (Å²) >= 11 is 0. The van der Waals surface area contributed by atoms with E-state index in [1.165, 1.54) is 0 Å². The van der Waals surface area contributed by atoms with Crippen molar-refractivity contribution in [3.05, 3.63) is 114 Å². The molecule has 0 spiro atoms. The Bertz CT molecular complexity index is 1330. The average molecular weight is 494 g/mol. The lowest BCUT2D eigenvalue weighted by atomic mass is 9.92. The van der Waals surface area contributed by atoms with Gasteiger partial charge in [0.15, 0.2) is 0 Å². The molecule has 6 nitrogen and oxygen atoms in total. The number of hydrogen-bond acceptors (Lipinski definition) is 4. The van der Waals surface area contributed by atoms with E-state index in [2.05, 4.69) is 22.8 Å². The van der Waals surface area contributed by atoms with Crippen LogP contribution in [0, 0.1) is 12.8 Å². The van der Waals surface area contributed by atoms with Gasteiger partial charge >= 0.3 is 0 Å². The maximum atomic E-state index is 13.6. The summed E-state index contributed by atoms with van der Waals surface area (Å²) in [4.78, 5) is 28.7. The number of carbonyl (C=O) groups excluding carboxylic acids is 2. The van der Waals surface area contributed by atoms with Crippen molar-refractivity contribution in [3.63, 3.8) is 0 Å². The number of carbonyl (C=O) groups is 2. The molecule has 0 saturated carbocycles. The summed E-state index contributed by atoms with van der Waals surface area (Å²) < 4.78 is 5.52. The van der Waals surface area contributed by atoms with Gasteiger partial charge in [0.2, 0.25) is 5.91 Å². The molecule has 1 fully saturated rings. The zero-order chi connectivity index (χ0) is 25.6. The number of nitrogens with one attached hydrogen (secondary N) is 2. The first-order valence-electron chi connectivity index (χ1n) is 12.6. The Balaban J connectivity index is 1.34. The Morgan fingerprint density at radius 1 is 0.919 bits per heavy atom. The SMILES string of the molecule is Cc1ccc(NC(=O)C2CC(NCc3ccccc3)CN(C(=O)c3cccc(-c4ccco4)c3)C2)cc1. The molecular weight excluding hydrogens is 462 g/mol. The largest absolute Gasteiger partial charge is 0.464 e. The van der Waals surface area contributed by atoms with Crippen LogP contribution in [0.1, 0.15) is 27.9 Å². The van der Waals surface area contributed by atoms with E-state index in [1.807, 2.05) is 85.8 Å². The Hall–Kier alpha value is -4.16. The van der Waals surface area contributed by atoms with Crippen LogP contribution in [-0.4, -0.2) is 35.8 Å². The van der Waals surface area contributed by atoms with Crippen LogP contribution in [0.4, 0.5) is 5.69 Å². The third kappa shape index (κ3) is 6.16. The molecule has 1 aliphatic heterocycles. The number of benzene rings is 3. The summed E-state index contributed by atoms with van der Waals surface area (Å²) in [6, 6.07) is 29.1. The number of likely N-dealkylation sites (tertiary alicyclic amines) is 1. The van der Waals surface area contributed by atoms with Crippen LogP contribution in [-0.2, 0) is 11.3 Å². The molecule has 1 aromatic heterocycles. The minimum Gasteiger partial charge on any atom is -0.464 e. The Labute approximate surface area is 217 Å². The molecule has 2 heterocycles. The highest BCUT2D eigenvalue weighted by atomic mass is 16.3. The van der Waals surface area contributed by atoms with Gasteiger partial charge in [0, 0.05) is 42.5 Å². The highest BCUT2D eigenvalue weighted by Crippen LogP contribution is 2.25. The van der Waals surface area contributed by atoms with E-state index in [-0.39, 0.29) is 23.8 Å². The monoisotopic (exact) mass is 493 g/mol. The van der Waals surface area contributed by atoms with Crippen molar-refractivity contribution < 1.29 is 14.0 Å². The minimum absolute atomic E-state index is 0.0140. The Morgan fingerprint density at radius 3 is 2.49 bits per heavy atom. The van der Waals surface area contributed by atoms with Gasteiger partial charge < -0.3 is 20.0 Å². The number of hydrogen-bond donors (Lipinski definition) is 2. The van der Waals surface area contributed by atoms with Gasteiger partial charge in [-0.25, -0.2) is 0 Å². The second kappa shape index (κ2) is 11.3. The van der Waals surface area contributed by atoms with Gasteiger partial charge in [0.25, 0.3) is 5.91 Å². The molecule has 0 radical (unpaired) electrons. The smallest absolute Gasteiger partial charge is 0.253 e. The molecule has 5 rings (SSSR count). The number of nitrogens with zero attached hydrogens (tertiary/aromatic N) is 1. The molecule has 1 saturated heterocycles. The summed E-state index contributed by atoms with van der Waals surface area (Å²) in [7, 11) is 0. The molecule has 2 atom stereocenters. The van der Waals surface area contributed by atoms with Crippen LogP contribution in [0.25, 0.3) is 11.3 Å². The third-order valence-corrected chi connectivity index (χ3v) is 6.78. The maximum absolute atomic E-state index is 13.6. The van der Waals surface area contributed by atoms with Crippen LogP contribution < -0.4 is 10.6 Å². The lowest BCUT2D eigenvalue weighted by Crippen LogP contribution is -2.53. The number of rotatable bonds is 7. The van der Waals surface area contributed by atoms with Crippen molar-refractivity contribution in [2.45, 2.75) is 25.9 Å². The molecule has 2 N–H and O–H groups in total. The summed E-state index contributed by atoms with van der Waals surface area (Å²) in [5.41, 5.74) is 4.49. The Kier molecular flexibility index (Phi) is 7.47. The molecular formula is C31H31N3O3. The molecule has 2 amide bonds. The quantitative estimate of drug-likeness (QED) is 0.356. The zero-order valence-corrected chi connectivity index (χ0v) is 20.9. The second-order valence-electron chi connectivity index (χ2n) is 9.62. The van der Waals surface area contributed by atoms with Crippen LogP contribution in [0.15, 0.2) is 102 Å².